The molecule has 270 valence electrons. The first kappa shape index (κ1) is 37.8. The number of hydrogen-bond donors (Lipinski definition) is 1. The minimum Gasteiger partial charge on any atom is -0.508 e. The van der Waals surface area contributed by atoms with E-state index in [0.717, 1.165) is 19.2 Å². The zero-order valence-corrected chi connectivity index (χ0v) is 27.9. The maximum Gasteiger partial charge on any atom is 0.534 e. The predicted octanol–water partition coefficient (Wildman–Crippen LogP) is 6.26. The Labute approximate surface area is 278 Å². The van der Waals surface area contributed by atoms with Gasteiger partial charge in [0, 0.05) is 55.9 Å². The summed E-state index contributed by atoms with van der Waals surface area (Å²) in [6.45, 7) is 6.42. The number of carbonyl (C=O) groups is 2. The van der Waals surface area contributed by atoms with Crippen LogP contribution in [0, 0.1) is 6.92 Å². The van der Waals surface area contributed by atoms with E-state index in [1.807, 2.05) is 0 Å². The van der Waals surface area contributed by atoms with Gasteiger partial charge in [-0.15, -0.1) is 0 Å². The fourth-order valence-corrected chi connectivity index (χ4v) is 6.01. The highest BCUT2D eigenvalue weighted by Gasteiger charge is 2.49. The molecule has 1 aliphatic rings. The number of alkyl halides is 6. The number of nitrogens with zero attached hydrogens (tertiary/aromatic N) is 3. The number of piperazine rings is 1. The van der Waals surface area contributed by atoms with Gasteiger partial charge in [0.25, 0.3) is 0 Å². The molecule has 49 heavy (non-hydrogen) atoms. The number of methoxy groups -OCH3 is 1. The molecule has 1 unspecified atom stereocenters. The fourth-order valence-electron chi connectivity index (χ4n) is 5.54. The second-order valence-corrected chi connectivity index (χ2v) is 14.0. The number of hydrogen-bond acceptors (Lipinski definition) is 10. The van der Waals surface area contributed by atoms with Crippen molar-refractivity contribution in [3.63, 3.8) is 0 Å². The molecule has 4 rings (SSSR count). The lowest BCUT2D eigenvalue weighted by atomic mass is 9.97. The van der Waals surface area contributed by atoms with E-state index in [4.69, 9.17) is 4.74 Å². The van der Waals surface area contributed by atoms with Crippen LogP contribution >= 0.6 is 0 Å². The Kier molecular flexibility index (Phi) is 10.6. The van der Waals surface area contributed by atoms with Gasteiger partial charge in [0.05, 0.1) is 19.0 Å². The molecule has 11 nitrogen and oxygen atoms in total. The Morgan fingerprint density at radius 2 is 1.69 bits per heavy atom. The molecule has 1 atom stereocenters. The van der Waals surface area contributed by atoms with E-state index in [-0.39, 0.29) is 37.5 Å². The molecule has 2 heterocycles. The minimum absolute atomic E-state index is 0.0610. The molecule has 0 saturated carbocycles. The van der Waals surface area contributed by atoms with Gasteiger partial charge >= 0.3 is 33.9 Å². The zero-order valence-electron chi connectivity index (χ0n) is 27.1. The average molecular weight is 724 g/mol. The van der Waals surface area contributed by atoms with Crippen molar-refractivity contribution in [3.05, 3.63) is 58.8 Å². The third-order valence-electron chi connectivity index (χ3n) is 7.76. The number of phenolic OH excluding ortho intramolecular Hbond substituents is 1. The second kappa shape index (κ2) is 13.7. The van der Waals surface area contributed by atoms with Crippen LogP contribution in [0.5, 0.6) is 11.5 Å². The lowest BCUT2D eigenvalue weighted by Crippen LogP contribution is -2.48. The SMILES string of the molecule is COC(=O)c1ccc(C2CN(CCC(F)(F)F)CCN2Cc2c(O)cc(C)c3c2ccn3C(=O)OC(C)(C)C)cc1OS(=O)(=O)C(F)(F)F. The molecule has 1 saturated heterocycles. The van der Waals surface area contributed by atoms with Crippen LogP contribution in [-0.4, -0.2) is 90.5 Å². The smallest absolute Gasteiger partial charge is 0.508 e. The van der Waals surface area contributed by atoms with Crippen molar-refractivity contribution in [1.29, 1.82) is 0 Å². The molecule has 18 heteroatoms. The number of aryl methyl sites for hydroxylation is 1. The van der Waals surface area contributed by atoms with Crippen LogP contribution < -0.4 is 4.18 Å². The summed E-state index contributed by atoms with van der Waals surface area (Å²) in [5.41, 5.74) is -5.90. The quantitative estimate of drug-likeness (QED) is 0.123. The third kappa shape index (κ3) is 8.77. The van der Waals surface area contributed by atoms with Crippen LogP contribution in [0.25, 0.3) is 10.9 Å². The highest BCUT2D eigenvalue weighted by Crippen LogP contribution is 2.38. The monoisotopic (exact) mass is 723 g/mol. The van der Waals surface area contributed by atoms with Gasteiger partial charge < -0.3 is 18.8 Å². The van der Waals surface area contributed by atoms with E-state index >= 15 is 0 Å². The number of ether oxygens (including phenoxy) is 2. The number of benzene rings is 2. The molecule has 0 amide bonds. The number of aromatic hydroxyl groups is 1. The third-order valence-corrected chi connectivity index (χ3v) is 8.73. The van der Waals surface area contributed by atoms with E-state index in [2.05, 4.69) is 8.92 Å². The summed E-state index contributed by atoms with van der Waals surface area (Å²) in [5, 5.41) is 11.5. The zero-order chi connectivity index (χ0) is 36.7. The molecule has 1 fully saturated rings. The lowest BCUT2D eigenvalue weighted by molar-refractivity contribution is -0.139. The van der Waals surface area contributed by atoms with Gasteiger partial charge in [-0.05, 0) is 63.1 Å². The van der Waals surface area contributed by atoms with Crippen molar-refractivity contribution in [2.75, 3.05) is 33.3 Å². The number of phenols is 1. The van der Waals surface area contributed by atoms with Crippen molar-refractivity contribution >= 4 is 33.1 Å². The number of esters is 1. The highest BCUT2D eigenvalue weighted by molar-refractivity contribution is 7.88. The molecule has 1 aliphatic heterocycles. The van der Waals surface area contributed by atoms with E-state index < -0.39 is 69.8 Å². The average Bonchev–Trinajstić information content (AvgIpc) is 3.42. The van der Waals surface area contributed by atoms with Crippen molar-refractivity contribution < 1.29 is 63.1 Å². The van der Waals surface area contributed by atoms with Gasteiger partial charge in [0.15, 0.2) is 5.75 Å². The number of halogens is 6. The lowest BCUT2D eigenvalue weighted by Gasteiger charge is -2.42. The van der Waals surface area contributed by atoms with Crippen LogP contribution in [0.1, 0.15) is 60.3 Å². The Balaban J connectivity index is 1.80. The first-order valence-electron chi connectivity index (χ1n) is 14.8. The standard InChI is InChI=1S/C31H35F6N3O8S/c1-18-14-24(41)22(20-8-10-40(26(18)20)28(43)47-29(2,3)4)16-39-13-12-38(11-9-30(32,33)34)17-23(39)19-6-7-21(27(42)46-5)25(15-19)48-49(44,45)31(35,36)37/h6-8,10,14-15,23,41H,9,11-13,16-17H2,1-5H3. The first-order valence-corrected chi connectivity index (χ1v) is 16.2. The van der Waals surface area contributed by atoms with Crippen LogP contribution in [0.4, 0.5) is 31.1 Å². The summed E-state index contributed by atoms with van der Waals surface area (Å²) >= 11 is 0. The van der Waals surface area contributed by atoms with Crippen LogP contribution in [0.2, 0.25) is 0 Å². The van der Waals surface area contributed by atoms with E-state index in [0.29, 0.717) is 22.0 Å². The summed E-state index contributed by atoms with van der Waals surface area (Å²) in [7, 11) is -5.32. The highest BCUT2D eigenvalue weighted by atomic mass is 32.2. The summed E-state index contributed by atoms with van der Waals surface area (Å²) in [5.74, 6) is -2.36. The van der Waals surface area contributed by atoms with Crippen LogP contribution in [0.3, 0.4) is 0 Å². The Hall–Kier alpha value is -4.03. The van der Waals surface area contributed by atoms with E-state index in [9.17, 15) is 49.5 Å². The van der Waals surface area contributed by atoms with E-state index in [1.165, 1.54) is 27.8 Å². The Morgan fingerprint density at radius 1 is 1.02 bits per heavy atom. The van der Waals surface area contributed by atoms with Gasteiger partial charge in [-0.2, -0.15) is 34.8 Å². The number of aromatic nitrogens is 1. The van der Waals surface area contributed by atoms with Crippen molar-refractivity contribution in [2.24, 2.45) is 0 Å². The van der Waals surface area contributed by atoms with Crippen LogP contribution in [0.15, 0.2) is 36.5 Å². The van der Waals surface area contributed by atoms with Crippen molar-refractivity contribution in [3.8, 4) is 11.5 Å². The van der Waals surface area contributed by atoms with Crippen molar-refractivity contribution in [1.82, 2.24) is 14.4 Å². The van der Waals surface area contributed by atoms with E-state index in [1.54, 1.807) is 38.7 Å². The minimum atomic E-state index is -6.24. The molecular formula is C31H35F6N3O8S. The second-order valence-electron chi connectivity index (χ2n) is 12.5. The molecule has 1 N–H and O–H groups in total. The molecule has 0 spiro atoms. The molecule has 1 aromatic heterocycles. The van der Waals surface area contributed by atoms with Gasteiger partial charge in [0.1, 0.15) is 16.9 Å². The molecule has 0 aliphatic carbocycles. The normalized spacial score (nSPS) is 16.9. The van der Waals surface area contributed by atoms with Gasteiger partial charge in [-0.1, -0.05) is 6.07 Å². The van der Waals surface area contributed by atoms with Gasteiger partial charge in [-0.25, -0.2) is 9.59 Å². The molecule has 0 radical (unpaired) electrons. The summed E-state index contributed by atoms with van der Waals surface area (Å²) in [6, 6.07) is 5.31. The van der Waals surface area contributed by atoms with Crippen molar-refractivity contribution in [2.45, 2.75) is 64.0 Å². The largest absolute Gasteiger partial charge is 0.534 e. The summed E-state index contributed by atoms with van der Waals surface area (Å²) in [4.78, 5) is 28.6. The number of carbonyl (C=O) groups excluding carboxylic acids is 2. The molecule has 0 bridgehead atoms. The molecular weight excluding hydrogens is 688 g/mol. The summed E-state index contributed by atoms with van der Waals surface area (Å²) in [6.07, 6.45) is -4.82. The molecule has 3 aromatic rings. The topological polar surface area (TPSA) is 128 Å². The predicted molar refractivity (Wildman–Crippen MR) is 164 cm³/mol. The van der Waals surface area contributed by atoms with Gasteiger partial charge in [0.2, 0.25) is 0 Å². The van der Waals surface area contributed by atoms with Crippen LogP contribution in [-0.2, 0) is 26.1 Å². The maximum absolute atomic E-state index is 13.3. The maximum atomic E-state index is 13.3. The first-order chi connectivity index (χ1) is 22.5. The fraction of sp³-hybridized carbons (Fsp3) is 0.484. The van der Waals surface area contributed by atoms with Gasteiger partial charge in [-0.3, -0.25) is 14.4 Å². The summed E-state index contributed by atoms with van der Waals surface area (Å²) < 4.78 is 119. The number of rotatable bonds is 8. The Morgan fingerprint density at radius 3 is 2.29 bits per heavy atom. The number of fused-ring (bicyclic) bond motifs is 1. The Bertz CT molecular complexity index is 1830. The molecule has 2 aromatic carbocycles.